The Kier molecular flexibility index (Phi) is 4.69. The van der Waals surface area contributed by atoms with Gasteiger partial charge in [0.1, 0.15) is 6.04 Å². The van der Waals surface area contributed by atoms with Crippen LogP contribution in [0.1, 0.15) is 17.9 Å². The summed E-state index contributed by atoms with van der Waals surface area (Å²) in [6.45, 7) is 0. The number of esters is 1. The normalized spacial score (nSPS) is 18.3. The van der Waals surface area contributed by atoms with Crippen molar-refractivity contribution < 1.29 is 14.3 Å². The van der Waals surface area contributed by atoms with Crippen LogP contribution in [0, 0.1) is 0 Å². The van der Waals surface area contributed by atoms with Gasteiger partial charge in [-0.1, -0.05) is 18.2 Å². The van der Waals surface area contributed by atoms with Crippen LogP contribution in [0.25, 0.3) is 0 Å². The number of rotatable bonds is 3. The molecule has 0 radical (unpaired) electrons. The average Bonchev–Trinajstić information content (AvgIpc) is 2.65. The summed E-state index contributed by atoms with van der Waals surface area (Å²) in [7, 11) is 1.28. The second-order valence-corrected chi connectivity index (χ2v) is 3.99. The Morgan fingerprint density at radius 2 is 2.17 bits per heavy atom. The molecule has 0 aromatic heterocycles. The largest absolute Gasteiger partial charge is 0.468 e. The van der Waals surface area contributed by atoms with Crippen molar-refractivity contribution in [3.8, 4) is 0 Å². The van der Waals surface area contributed by atoms with E-state index in [4.69, 9.17) is 5.73 Å². The van der Waals surface area contributed by atoms with Crippen LogP contribution in [-0.4, -0.2) is 25.0 Å². The number of hydrogen-bond acceptors (Lipinski definition) is 4. The zero-order valence-electron chi connectivity index (χ0n) is 9.88. The van der Waals surface area contributed by atoms with Gasteiger partial charge in [-0.15, -0.1) is 12.4 Å². The van der Waals surface area contributed by atoms with E-state index in [0.29, 0.717) is 0 Å². The van der Waals surface area contributed by atoms with Crippen molar-refractivity contribution >= 4 is 30.0 Å². The zero-order valence-corrected chi connectivity index (χ0v) is 10.7. The van der Waals surface area contributed by atoms with Gasteiger partial charge in [-0.05, 0) is 18.1 Å². The number of carbonyl (C=O) groups excluding carboxylic acids is 2. The molecule has 98 valence electrons. The van der Waals surface area contributed by atoms with Gasteiger partial charge in [0.25, 0.3) is 0 Å². The first-order valence-electron chi connectivity index (χ1n) is 5.36. The second kappa shape index (κ2) is 5.84. The molecule has 6 heteroatoms. The van der Waals surface area contributed by atoms with Gasteiger partial charge in [0, 0.05) is 5.69 Å². The second-order valence-electron chi connectivity index (χ2n) is 3.99. The summed E-state index contributed by atoms with van der Waals surface area (Å²) in [6.07, 6.45) is 0.259. The highest BCUT2D eigenvalue weighted by molar-refractivity contribution is 6.03. The number of benzene rings is 1. The van der Waals surface area contributed by atoms with Gasteiger partial charge >= 0.3 is 5.97 Å². The highest BCUT2D eigenvalue weighted by atomic mass is 35.5. The number of ether oxygens (including phenoxy) is 1. The number of hydrogen-bond donors (Lipinski definition) is 2. The third-order valence-electron chi connectivity index (χ3n) is 2.90. The number of para-hydroxylation sites is 1. The SMILES string of the molecule is COC(=O)C(N)CC1C(=O)Nc2ccccc21.Cl. The van der Waals surface area contributed by atoms with Gasteiger partial charge in [-0.2, -0.15) is 0 Å². The summed E-state index contributed by atoms with van der Waals surface area (Å²) in [5.41, 5.74) is 7.35. The average molecular weight is 271 g/mol. The standard InChI is InChI=1S/C12H14N2O3.ClH/c1-17-12(16)9(13)6-8-7-4-2-3-5-10(7)14-11(8)15;/h2-5,8-9H,6,13H2,1H3,(H,14,15);1H. The number of anilines is 1. The Hall–Kier alpha value is -1.59. The van der Waals surface area contributed by atoms with Crippen molar-refractivity contribution in [2.75, 3.05) is 12.4 Å². The molecule has 1 aromatic rings. The van der Waals surface area contributed by atoms with Crippen LogP contribution in [0.2, 0.25) is 0 Å². The first-order chi connectivity index (χ1) is 8.13. The summed E-state index contributed by atoms with van der Waals surface area (Å²) in [5, 5.41) is 2.76. The van der Waals surface area contributed by atoms with Crippen LogP contribution in [0.3, 0.4) is 0 Å². The Morgan fingerprint density at radius 3 is 2.83 bits per heavy atom. The van der Waals surface area contributed by atoms with Gasteiger partial charge in [-0.25, -0.2) is 0 Å². The number of amides is 1. The molecule has 2 atom stereocenters. The van der Waals surface area contributed by atoms with Crippen molar-refractivity contribution in [2.24, 2.45) is 5.73 Å². The summed E-state index contributed by atoms with van der Waals surface area (Å²) >= 11 is 0. The molecule has 0 fully saturated rings. The van der Waals surface area contributed by atoms with Crippen LogP contribution in [0.5, 0.6) is 0 Å². The van der Waals surface area contributed by atoms with Gasteiger partial charge in [-0.3, -0.25) is 9.59 Å². The number of methoxy groups -OCH3 is 1. The van der Waals surface area contributed by atoms with Crippen LogP contribution < -0.4 is 11.1 Å². The molecule has 0 bridgehead atoms. The minimum absolute atomic E-state index is 0. The predicted molar refractivity (Wildman–Crippen MR) is 69.7 cm³/mol. The van der Waals surface area contributed by atoms with Crippen LogP contribution in [0.4, 0.5) is 5.69 Å². The smallest absolute Gasteiger partial charge is 0.322 e. The molecule has 2 unspecified atom stereocenters. The van der Waals surface area contributed by atoms with Crippen LogP contribution >= 0.6 is 12.4 Å². The van der Waals surface area contributed by atoms with Crippen molar-refractivity contribution in [3.63, 3.8) is 0 Å². The minimum atomic E-state index is -0.776. The first kappa shape index (κ1) is 14.5. The van der Waals surface area contributed by atoms with E-state index in [-0.39, 0.29) is 30.7 Å². The fraction of sp³-hybridized carbons (Fsp3) is 0.333. The Bertz CT molecular complexity index is 464. The number of nitrogens with two attached hydrogens (primary N) is 1. The van der Waals surface area contributed by atoms with E-state index in [2.05, 4.69) is 10.1 Å². The van der Waals surface area contributed by atoms with Crippen LogP contribution in [0.15, 0.2) is 24.3 Å². The molecule has 1 heterocycles. The lowest BCUT2D eigenvalue weighted by Gasteiger charge is -2.13. The first-order valence-corrected chi connectivity index (χ1v) is 5.36. The third kappa shape index (κ3) is 2.63. The van der Waals surface area contributed by atoms with E-state index in [1.165, 1.54) is 7.11 Å². The minimum Gasteiger partial charge on any atom is -0.468 e. The lowest BCUT2D eigenvalue weighted by Crippen LogP contribution is -2.34. The maximum Gasteiger partial charge on any atom is 0.322 e. The van der Waals surface area contributed by atoms with Gasteiger partial charge in [0.15, 0.2) is 0 Å². The molecule has 0 aliphatic carbocycles. The molecule has 5 nitrogen and oxygen atoms in total. The van der Waals surface area contributed by atoms with E-state index in [0.717, 1.165) is 11.3 Å². The van der Waals surface area contributed by atoms with Crippen molar-refractivity contribution in [2.45, 2.75) is 18.4 Å². The van der Waals surface area contributed by atoms with Crippen molar-refractivity contribution in [1.29, 1.82) is 0 Å². The van der Waals surface area contributed by atoms with Crippen molar-refractivity contribution in [1.82, 2.24) is 0 Å². The number of fused-ring (bicyclic) bond motifs is 1. The highest BCUT2D eigenvalue weighted by Crippen LogP contribution is 2.34. The zero-order chi connectivity index (χ0) is 12.4. The number of halogens is 1. The summed E-state index contributed by atoms with van der Waals surface area (Å²) in [4.78, 5) is 23.0. The van der Waals surface area contributed by atoms with Crippen LogP contribution in [-0.2, 0) is 14.3 Å². The van der Waals surface area contributed by atoms with E-state index >= 15 is 0 Å². The van der Waals surface area contributed by atoms with Crippen molar-refractivity contribution in [3.05, 3.63) is 29.8 Å². The molecule has 1 amide bonds. The Balaban J connectivity index is 0.00000162. The van der Waals surface area contributed by atoms with E-state index < -0.39 is 12.0 Å². The summed E-state index contributed by atoms with van der Waals surface area (Å²) < 4.78 is 4.55. The highest BCUT2D eigenvalue weighted by Gasteiger charge is 2.33. The molecule has 1 aliphatic heterocycles. The number of carbonyl (C=O) groups is 2. The molecular formula is C12H15ClN2O3. The molecule has 1 aliphatic rings. The molecular weight excluding hydrogens is 256 g/mol. The Labute approximate surface area is 111 Å². The quantitative estimate of drug-likeness (QED) is 0.804. The molecule has 0 saturated heterocycles. The monoisotopic (exact) mass is 270 g/mol. The lowest BCUT2D eigenvalue weighted by molar-refractivity contribution is -0.142. The molecule has 18 heavy (non-hydrogen) atoms. The predicted octanol–water partition coefficient (Wildman–Crippen LogP) is 1.03. The maximum atomic E-state index is 11.8. The third-order valence-corrected chi connectivity index (χ3v) is 2.90. The molecule has 1 aromatic carbocycles. The van der Waals surface area contributed by atoms with Gasteiger partial charge in [0.05, 0.1) is 13.0 Å². The summed E-state index contributed by atoms with van der Waals surface area (Å²) in [5.74, 6) is -0.993. The fourth-order valence-corrected chi connectivity index (χ4v) is 2.01. The van der Waals surface area contributed by atoms with E-state index in [9.17, 15) is 9.59 Å². The molecule has 3 N–H and O–H groups in total. The fourth-order valence-electron chi connectivity index (χ4n) is 2.01. The number of nitrogens with one attached hydrogen (secondary N) is 1. The van der Waals surface area contributed by atoms with Gasteiger partial charge < -0.3 is 15.8 Å². The molecule has 0 spiro atoms. The molecule has 0 saturated carbocycles. The van der Waals surface area contributed by atoms with Gasteiger partial charge in [0.2, 0.25) is 5.91 Å². The van der Waals surface area contributed by atoms with E-state index in [1.54, 1.807) is 0 Å². The topological polar surface area (TPSA) is 81.4 Å². The molecule has 2 rings (SSSR count). The Morgan fingerprint density at radius 1 is 1.50 bits per heavy atom. The maximum absolute atomic E-state index is 11.8. The summed E-state index contributed by atoms with van der Waals surface area (Å²) in [6, 6.07) is 6.62. The van der Waals surface area contributed by atoms with E-state index in [1.807, 2.05) is 24.3 Å². The lowest BCUT2D eigenvalue weighted by atomic mass is 9.94.